The molecule has 1 amide bonds. The molecule has 126 valence electrons. The summed E-state index contributed by atoms with van der Waals surface area (Å²) in [7, 11) is 0. The molecule has 0 unspecified atom stereocenters. The first-order valence-corrected chi connectivity index (χ1v) is 8.31. The average molecular weight is 334 g/mol. The van der Waals surface area contributed by atoms with Crippen LogP contribution in [-0.4, -0.2) is 42.3 Å². The van der Waals surface area contributed by atoms with Gasteiger partial charge in [0, 0.05) is 30.1 Å². The van der Waals surface area contributed by atoms with Crippen molar-refractivity contribution in [2.75, 3.05) is 26.3 Å². The number of morpholine rings is 1. The maximum atomic E-state index is 12.5. The van der Waals surface area contributed by atoms with Gasteiger partial charge in [-0.1, -0.05) is 42.5 Å². The Labute approximate surface area is 145 Å². The van der Waals surface area contributed by atoms with E-state index in [-0.39, 0.29) is 6.09 Å². The van der Waals surface area contributed by atoms with E-state index in [1.807, 2.05) is 60.7 Å². The molecule has 5 nitrogen and oxygen atoms in total. The number of benzene rings is 2. The Morgan fingerprint density at radius 1 is 1.00 bits per heavy atom. The first-order chi connectivity index (χ1) is 12.3. The number of hydrogen-bond donors (Lipinski definition) is 0. The standard InChI is InChI=1S/C20H18N2O3/c23-20(22-10-12-24-13-11-22)25-19-14-18(15-6-2-1-3-7-15)21-17-9-5-4-8-16(17)19/h1-9,14H,10-13H2. The van der Waals surface area contributed by atoms with Crippen molar-refractivity contribution in [3.05, 3.63) is 60.7 Å². The topological polar surface area (TPSA) is 51.7 Å². The Kier molecular flexibility index (Phi) is 4.31. The lowest BCUT2D eigenvalue weighted by Crippen LogP contribution is -2.42. The normalized spacial score (nSPS) is 14.5. The summed E-state index contributed by atoms with van der Waals surface area (Å²) in [6.45, 7) is 2.18. The third-order valence-corrected chi connectivity index (χ3v) is 4.21. The number of para-hydroxylation sites is 1. The summed E-state index contributed by atoms with van der Waals surface area (Å²) in [4.78, 5) is 18.9. The number of carbonyl (C=O) groups is 1. The lowest BCUT2D eigenvalue weighted by molar-refractivity contribution is 0.0417. The van der Waals surface area contributed by atoms with Gasteiger partial charge < -0.3 is 14.4 Å². The van der Waals surface area contributed by atoms with E-state index in [1.54, 1.807) is 4.90 Å². The SMILES string of the molecule is O=C(Oc1cc(-c2ccccc2)nc2ccccc12)N1CCOCC1. The molecule has 1 saturated heterocycles. The van der Waals surface area contributed by atoms with Crippen molar-refractivity contribution in [2.24, 2.45) is 0 Å². The molecule has 1 aliphatic heterocycles. The Morgan fingerprint density at radius 3 is 2.52 bits per heavy atom. The highest BCUT2D eigenvalue weighted by atomic mass is 16.6. The maximum absolute atomic E-state index is 12.5. The summed E-state index contributed by atoms with van der Waals surface area (Å²) in [5, 5.41) is 0.823. The van der Waals surface area contributed by atoms with E-state index in [0.29, 0.717) is 32.1 Å². The van der Waals surface area contributed by atoms with E-state index in [2.05, 4.69) is 0 Å². The zero-order valence-corrected chi connectivity index (χ0v) is 13.7. The molecular weight excluding hydrogens is 316 g/mol. The summed E-state index contributed by atoms with van der Waals surface area (Å²) in [6.07, 6.45) is -0.348. The van der Waals surface area contributed by atoms with Crippen LogP contribution < -0.4 is 4.74 Å². The highest BCUT2D eigenvalue weighted by Gasteiger charge is 2.20. The molecule has 2 aromatic carbocycles. The largest absolute Gasteiger partial charge is 0.415 e. The number of nitrogens with zero attached hydrogens (tertiary/aromatic N) is 2. The molecule has 0 bridgehead atoms. The zero-order valence-electron chi connectivity index (χ0n) is 13.7. The van der Waals surface area contributed by atoms with Gasteiger partial charge in [0.05, 0.1) is 24.4 Å². The van der Waals surface area contributed by atoms with Gasteiger partial charge in [-0.3, -0.25) is 0 Å². The molecule has 3 aromatic rings. The number of rotatable bonds is 2. The quantitative estimate of drug-likeness (QED) is 0.716. The van der Waals surface area contributed by atoms with Crippen LogP contribution in [0.15, 0.2) is 60.7 Å². The second-order valence-electron chi connectivity index (χ2n) is 5.86. The molecular formula is C20H18N2O3. The number of ether oxygens (including phenoxy) is 2. The van der Waals surface area contributed by atoms with Crippen molar-refractivity contribution in [2.45, 2.75) is 0 Å². The average Bonchev–Trinajstić information content (AvgIpc) is 2.69. The van der Waals surface area contributed by atoms with E-state index in [4.69, 9.17) is 14.5 Å². The molecule has 0 N–H and O–H groups in total. The highest BCUT2D eigenvalue weighted by Crippen LogP contribution is 2.30. The van der Waals surface area contributed by atoms with Gasteiger partial charge in [0.2, 0.25) is 0 Å². The predicted molar refractivity (Wildman–Crippen MR) is 95.6 cm³/mol. The van der Waals surface area contributed by atoms with Gasteiger partial charge in [-0.2, -0.15) is 0 Å². The smallest absolute Gasteiger partial charge is 0.409 e. The van der Waals surface area contributed by atoms with E-state index < -0.39 is 0 Å². The van der Waals surface area contributed by atoms with E-state index in [9.17, 15) is 4.79 Å². The van der Waals surface area contributed by atoms with Crippen molar-refractivity contribution in [1.82, 2.24) is 9.88 Å². The second-order valence-corrected chi connectivity index (χ2v) is 5.86. The molecule has 0 aliphatic carbocycles. The Hall–Kier alpha value is -2.92. The van der Waals surface area contributed by atoms with Crippen LogP contribution in [0.1, 0.15) is 0 Å². The lowest BCUT2D eigenvalue weighted by Gasteiger charge is -2.26. The number of hydrogen-bond acceptors (Lipinski definition) is 4. The van der Waals surface area contributed by atoms with Gasteiger partial charge in [-0.15, -0.1) is 0 Å². The van der Waals surface area contributed by atoms with Crippen molar-refractivity contribution in [3.63, 3.8) is 0 Å². The summed E-state index contributed by atoms with van der Waals surface area (Å²) < 4.78 is 11.0. The molecule has 0 saturated carbocycles. The second kappa shape index (κ2) is 6.91. The van der Waals surface area contributed by atoms with Crippen LogP contribution in [0, 0.1) is 0 Å². The molecule has 0 spiro atoms. The number of carbonyl (C=O) groups excluding carboxylic acids is 1. The van der Waals surface area contributed by atoms with E-state index in [1.165, 1.54) is 0 Å². The van der Waals surface area contributed by atoms with Crippen LogP contribution in [0.2, 0.25) is 0 Å². The molecule has 1 fully saturated rings. The van der Waals surface area contributed by atoms with Crippen molar-refractivity contribution in [1.29, 1.82) is 0 Å². The van der Waals surface area contributed by atoms with Gasteiger partial charge in [-0.05, 0) is 12.1 Å². The van der Waals surface area contributed by atoms with Crippen LogP contribution in [0.25, 0.3) is 22.2 Å². The van der Waals surface area contributed by atoms with Crippen molar-refractivity contribution >= 4 is 17.0 Å². The number of fused-ring (bicyclic) bond motifs is 1. The van der Waals surface area contributed by atoms with Crippen molar-refractivity contribution in [3.8, 4) is 17.0 Å². The Morgan fingerprint density at radius 2 is 1.72 bits per heavy atom. The molecule has 5 heteroatoms. The number of aromatic nitrogens is 1. The minimum absolute atomic E-state index is 0.348. The summed E-state index contributed by atoms with van der Waals surface area (Å²) >= 11 is 0. The van der Waals surface area contributed by atoms with Crippen LogP contribution in [0.5, 0.6) is 5.75 Å². The van der Waals surface area contributed by atoms with Gasteiger partial charge >= 0.3 is 6.09 Å². The number of amides is 1. The first kappa shape index (κ1) is 15.6. The molecule has 1 aliphatic rings. The fourth-order valence-electron chi connectivity index (χ4n) is 2.89. The minimum Gasteiger partial charge on any atom is -0.409 e. The molecule has 4 rings (SSSR count). The molecule has 2 heterocycles. The summed E-state index contributed by atoms with van der Waals surface area (Å²) in [5.41, 5.74) is 2.56. The molecule has 0 radical (unpaired) electrons. The zero-order chi connectivity index (χ0) is 17.1. The molecule has 0 atom stereocenters. The van der Waals surface area contributed by atoms with Crippen LogP contribution >= 0.6 is 0 Å². The highest BCUT2D eigenvalue weighted by molar-refractivity contribution is 5.90. The van der Waals surface area contributed by atoms with Crippen LogP contribution in [0.3, 0.4) is 0 Å². The minimum atomic E-state index is -0.348. The molecule has 25 heavy (non-hydrogen) atoms. The Bertz CT molecular complexity index is 890. The third kappa shape index (κ3) is 3.32. The van der Waals surface area contributed by atoms with Crippen LogP contribution in [-0.2, 0) is 4.74 Å². The third-order valence-electron chi connectivity index (χ3n) is 4.21. The first-order valence-electron chi connectivity index (χ1n) is 8.31. The van der Waals surface area contributed by atoms with Gasteiger partial charge in [0.1, 0.15) is 5.75 Å². The summed E-state index contributed by atoms with van der Waals surface area (Å²) in [5.74, 6) is 0.529. The van der Waals surface area contributed by atoms with Gasteiger partial charge in [0.25, 0.3) is 0 Å². The van der Waals surface area contributed by atoms with Gasteiger partial charge in [0.15, 0.2) is 0 Å². The maximum Gasteiger partial charge on any atom is 0.415 e. The fourth-order valence-corrected chi connectivity index (χ4v) is 2.89. The van der Waals surface area contributed by atoms with Crippen LogP contribution in [0.4, 0.5) is 4.79 Å². The number of pyridine rings is 1. The monoisotopic (exact) mass is 334 g/mol. The van der Waals surface area contributed by atoms with E-state index in [0.717, 1.165) is 22.2 Å². The fraction of sp³-hybridized carbons (Fsp3) is 0.200. The van der Waals surface area contributed by atoms with Crippen molar-refractivity contribution < 1.29 is 14.3 Å². The van der Waals surface area contributed by atoms with E-state index >= 15 is 0 Å². The Balaban J connectivity index is 1.72. The summed E-state index contributed by atoms with van der Waals surface area (Å²) in [6, 6.07) is 19.4. The predicted octanol–water partition coefficient (Wildman–Crippen LogP) is 3.73. The van der Waals surface area contributed by atoms with Gasteiger partial charge in [-0.25, -0.2) is 9.78 Å². The lowest BCUT2D eigenvalue weighted by atomic mass is 10.1. The molecule has 1 aromatic heterocycles.